The van der Waals surface area contributed by atoms with Gasteiger partial charge >= 0.3 is 6.09 Å². The molecule has 1 heterocycles. The second kappa shape index (κ2) is 6.44. The van der Waals surface area contributed by atoms with Crippen LogP contribution in [0.1, 0.15) is 33.6 Å². The van der Waals surface area contributed by atoms with Crippen LogP contribution in [-0.2, 0) is 4.74 Å². The maximum absolute atomic E-state index is 12.1. The fourth-order valence-electron chi connectivity index (χ4n) is 2.10. The van der Waals surface area contributed by atoms with Gasteiger partial charge in [-0.3, -0.25) is 0 Å². The van der Waals surface area contributed by atoms with Crippen molar-refractivity contribution in [2.45, 2.75) is 45.3 Å². The van der Waals surface area contributed by atoms with Crippen LogP contribution in [0, 0.1) is 0 Å². The molecule has 0 spiro atoms. The summed E-state index contributed by atoms with van der Waals surface area (Å²) in [5.74, 6) is 0. The van der Waals surface area contributed by atoms with E-state index < -0.39 is 5.60 Å². The van der Waals surface area contributed by atoms with E-state index in [1.54, 1.807) is 4.90 Å². The molecule has 108 valence electrons. The number of carbonyl (C=O) groups excluding carboxylic acids is 1. The summed E-state index contributed by atoms with van der Waals surface area (Å²) in [5, 5.41) is 0. The lowest BCUT2D eigenvalue weighted by molar-refractivity contribution is 0.0250. The van der Waals surface area contributed by atoms with E-state index in [-0.39, 0.29) is 12.1 Å². The van der Waals surface area contributed by atoms with Gasteiger partial charge < -0.3 is 9.64 Å². The Morgan fingerprint density at radius 1 is 1.47 bits per heavy atom. The molecule has 1 N–H and O–H groups in total. The van der Waals surface area contributed by atoms with Crippen molar-refractivity contribution in [3.8, 4) is 0 Å². The summed E-state index contributed by atoms with van der Waals surface area (Å²) in [6, 6.07) is -0.0348. The third-order valence-corrected chi connectivity index (χ3v) is 3.15. The summed E-state index contributed by atoms with van der Waals surface area (Å²) >= 11 is 5.48. The Morgan fingerprint density at radius 2 is 2.11 bits per heavy atom. The van der Waals surface area contributed by atoms with Gasteiger partial charge in [0.15, 0.2) is 0 Å². The van der Waals surface area contributed by atoms with Crippen molar-refractivity contribution in [2.75, 3.05) is 13.1 Å². The average Bonchev–Trinajstić information content (AvgIpc) is 2.74. The van der Waals surface area contributed by atoms with Gasteiger partial charge in [0.2, 0.25) is 0 Å². The molecule has 1 saturated heterocycles. The third-order valence-electron chi connectivity index (χ3n) is 3.02. The molecule has 0 radical (unpaired) electrons. The van der Waals surface area contributed by atoms with E-state index in [0.717, 1.165) is 24.0 Å². The van der Waals surface area contributed by atoms with Crippen LogP contribution in [0.15, 0.2) is 24.3 Å². The largest absolute Gasteiger partial charge is 0.444 e. The summed E-state index contributed by atoms with van der Waals surface area (Å²) in [6.07, 6.45) is 1.55. The quantitative estimate of drug-likeness (QED) is 0.637. The number of rotatable bonds is 4. The summed E-state index contributed by atoms with van der Waals surface area (Å²) in [7, 11) is 0. The predicted molar refractivity (Wildman–Crippen MR) is 78.1 cm³/mol. The van der Waals surface area contributed by atoms with Crippen molar-refractivity contribution in [1.29, 1.82) is 0 Å². The molecular formula is C14H23ClN2O2. The Labute approximate surface area is 120 Å². The van der Waals surface area contributed by atoms with Crippen molar-refractivity contribution in [2.24, 2.45) is 0 Å². The molecule has 1 rings (SSSR count). The summed E-state index contributed by atoms with van der Waals surface area (Å²) in [6.45, 7) is 14.7. The molecule has 1 atom stereocenters. The normalized spacial score (nSPS) is 19.4. The Morgan fingerprint density at radius 3 is 2.63 bits per heavy atom. The number of amides is 1. The number of carbonyl (C=O) groups is 1. The Kier molecular flexibility index (Phi) is 5.44. The molecule has 0 saturated carbocycles. The van der Waals surface area contributed by atoms with Gasteiger partial charge in [-0.25, -0.2) is 9.63 Å². The molecule has 0 unspecified atom stereocenters. The molecule has 1 amide bonds. The third kappa shape index (κ3) is 4.55. The molecule has 0 aromatic rings. The van der Waals surface area contributed by atoms with E-state index in [1.807, 2.05) is 20.8 Å². The number of nitrogens with one attached hydrogen (secondary N) is 1. The molecule has 5 heteroatoms. The van der Waals surface area contributed by atoms with Gasteiger partial charge in [-0.15, -0.1) is 0 Å². The fraction of sp³-hybridized carbons (Fsp3) is 0.643. The standard InChI is InChI=1S/C14H23ClN2O2/c1-10(9-16-15)11(2)12-7-6-8-17(12)13(18)19-14(3,4)5/h12,16H,1-2,6-9H2,3-5H3/t12-/m0/s1. The van der Waals surface area contributed by atoms with Gasteiger partial charge in [0.25, 0.3) is 0 Å². The maximum atomic E-state index is 12.1. The second-order valence-corrected chi connectivity index (χ2v) is 6.04. The highest BCUT2D eigenvalue weighted by atomic mass is 35.5. The number of ether oxygens (including phenoxy) is 1. The number of nitrogens with zero attached hydrogens (tertiary/aromatic N) is 1. The molecule has 0 aromatic heterocycles. The van der Waals surface area contributed by atoms with Crippen LogP contribution in [0.5, 0.6) is 0 Å². The van der Waals surface area contributed by atoms with Crippen molar-refractivity contribution in [3.63, 3.8) is 0 Å². The zero-order valence-corrected chi connectivity index (χ0v) is 12.7. The van der Waals surface area contributed by atoms with E-state index >= 15 is 0 Å². The molecule has 1 fully saturated rings. The smallest absolute Gasteiger partial charge is 0.410 e. The predicted octanol–water partition coefficient (Wildman–Crippen LogP) is 3.24. The van der Waals surface area contributed by atoms with Gasteiger partial charge in [0, 0.05) is 13.1 Å². The van der Waals surface area contributed by atoms with E-state index in [1.165, 1.54) is 0 Å². The zero-order valence-electron chi connectivity index (χ0n) is 12.0. The minimum atomic E-state index is -0.486. The molecule has 19 heavy (non-hydrogen) atoms. The van der Waals surface area contributed by atoms with Crippen molar-refractivity contribution in [3.05, 3.63) is 24.3 Å². The molecule has 0 aromatic carbocycles. The lowest BCUT2D eigenvalue weighted by atomic mass is 10.00. The summed E-state index contributed by atoms with van der Waals surface area (Å²) in [5.41, 5.74) is 1.17. The van der Waals surface area contributed by atoms with Crippen LogP contribution in [-0.4, -0.2) is 35.7 Å². The van der Waals surface area contributed by atoms with E-state index in [9.17, 15) is 4.79 Å². The van der Waals surface area contributed by atoms with Crippen LogP contribution < -0.4 is 4.84 Å². The van der Waals surface area contributed by atoms with Gasteiger partial charge in [-0.05, 0) is 56.5 Å². The van der Waals surface area contributed by atoms with Crippen LogP contribution >= 0.6 is 11.8 Å². The average molecular weight is 287 g/mol. The van der Waals surface area contributed by atoms with Crippen molar-refractivity contribution >= 4 is 17.9 Å². The van der Waals surface area contributed by atoms with Gasteiger partial charge in [-0.2, -0.15) is 0 Å². The lowest BCUT2D eigenvalue weighted by Gasteiger charge is -2.30. The fourth-order valence-corrected chi connectivity index (χ4v) is 2.26. The highest BCUT2D eigenvalue weighted by Gasteiger charge is 2.34. The summed E-state index contributed by atoms with van der Waals surface area (Å²) < 4.78 is 5.42. The first-order valence-electron chi connectivity index (χ1n) is 6.46. The van der Waals surface area contributed by atoms with Crippen LogP contribution in [0.3, 0.4) is 0 Å². The Bertz CT molecular complexity index is 374. The number of likely N-dealkylation sites (tertiary alicyclic amines) is 1. The minimum Gasteiger partial charge on any atom is -0.444 e. The second-order valence-electron chi connectivity index (χ2n) is 5.77. The highest BCUT2D eigenvalue weighted by molar-refractivity contribution is 6.13. The van der Waals surface area contributed by atoms with Gasteiger partial charge in [0.05, 0.1) is 6.04 Å². The Balaban J connectivity index is 2.71. The molecule has 1 aliphatic rings. The minimum absolute atomic E-state index is 0.0348. The first kappa shape index (κ1) is 16.1. The molecular weight excluding hydrogens is 264 g/mol. The summed E-state index contributed by atoms with van der Waals surface area (Å²) in [4.78, 5) is 16.4. The van der Waals surface area contributed by atoms with E-state index in [4.69, 9.17) is 16.5 Å². The number of halogens is 1. The molecule has 1 aliphatic heterocycles. The molecule has 0 aliphatic carbocycles. The van der Waals surface area contributed by atoms with Crippen LogP contribution in [0.25, 0.3) is 0 Å². The van der Waals surface area contributed by atoms with E-state index in [0.29, 0.717) is 13.1 Å². The monoisotopic (exact) mass is 286 g/mol. The Hall–Kier alpha value is -1.00. The maximum Gasteiger partial charge on any atom is 0.410 e. The zero-order chi connectivity index (χ0) is 14.6. The first-order chi connectivity index (χ1) is 8.76. The molecule has 0 bridgehead atoms. The van der Waals surface area contributed by atoms with Crippen LogP contribution in [0.4, 0.5) is 4.79 Å². The van der Waals surface area contributed by atoms with Gasteiger partial charge in [0.1, 0.15) is 5.60 Å². The highest BCUT2D eigenvalue weighted by Crippen LogP contribution is 2.28. The van der Waals surface area contributed by atoms with Crippen molar-refractivity contribution < 1.29 is 9.53 Å². The molecule has 4 nitrogen and oxygen atoms in total. The van der Waals surface area contributed by atoms with Crippen LogP contribution in [0.2, 0.25) is 0 Å². The lowest BCUT2D eigenvalue weighted by Crippen LogP contribution is -2.41. The van der Waals surface area contributed by atoms with E-state index in [2.05, 4.69) is 18.0 Å². The van der Waals surface area contributed by atoms with Gasteiger partial charge in [-0.1, -0.05) is 13.2 Å². The topological polar surface area (TPSA) is 41.6 Å². The van der Waals surface area contributed by atoms with Crippen molar-refractivity contribution in [1.82, 2.24) is 9.74 Å². The SMILES string of the molecule is C=C(CNCl)C(=C)[C@@H]1CCCN1C(=O)OC(C)(C)C. The first-order valence-corrected chi connectivity index (χ1v) is 6.84. The number of hydrogen-bond donors (Lipinski definition) is 1. The number of hydrogen-bond acceptors (Lipinski definition) is 3.